The minimum absolute atomic E-state index is 0.483. The van der Waals surface area contributed by atoms with Crippen LogP contribution in [-0.2, 0) is 19.5 Å². The van der Waals surface area contributed by atoms with Crippen LogP contribution in [-0.4, -0.2) is 43.6 Å². The van der Waals surface area contributed by atoms with Crippen LogP contribution in [0.4, 0.5) is 0 Å². The standard InChI is InChI=1S/C35H49ClN6S2/c1-3-4-5-6-7-8-9-10-11-12-13-14-15-18-22-37-35(43)41-23-21-28-30(25-41)44-34-32(28)33(27-19-16-17-20-29(27)36)38-24-31-40-39-26(2)42(31)34/h16-17,19-20H,3-15,18,21-25H2,1-2H3,(H,37,43). The Hall–Kier alpha value is -2.29. The highest BCUT2D eigenvalue weighted by Gasteiger charge is 2.32. The van der Waals surface area contributed by atoms with E-state index in [1.807, 2.05) is 36.5 Å². The highest BCUT2D eigenvalue weighted by Crippen LogP contribution is 2.40. The van der Waals surface area contributed by atoms with Gasteiger partial charge in [-0.2, -0.15) is 0 Å². The van der Waals surface area contributed by atoms with E-state index in [1.165, 1.54) is 106 Å². The number of nitrogens with zero attached hydrogens (tertiary/aromatic N) is 5. The molecular weight excluding hydrogens is 604 g/mol. The van der Waals surface area contributed by atoms with Gasteiger partial charge in [-0.3, -0.25) is 9.56 Å². The van der Waals surface area contributed by atoms with E-state index >= 15 is 0 Å². The Morgan fingerprint density at radius 2 is 1.59 bits per heavy atom. The first kappa shape index (κ1) is 33.1. The van der Waals surface area contributed by atoms with Crippen molar-refractivity contribution in [2.24, 2.45) is 4.99 Å². The highest BCUT2D eigenvalue weighted by atomic mass is 35.5. The Bertz CT molecular complexity index is 1410. The molecule has 0 unspecified atom stereocenters. The van der Waals surface area contributed by atoms with Crippen LogP contribution in [0.2, 0.25) is 5.02 Å². The molecular formula is C35H49ClN6S2. The van der Waals surface area contributed by atoms with Gasteiger partial charge < -0.3 is 10.2 Å². The number of aromatic nitrogens is 3. The number of halogens is 1. The maximum Gasteiger partial charge on any atom is 0.169 e. The number of thiocarbonyl (C=S) groups is 1. The lowest BCUT2D eigenvalue weighted by atomic mass is 9.95. The van der Waals surface area contributed by atoms with Gasteiger partial charge in [0, 0.05) is 34.1 Å². The van der Waals surface area contributed by atoms with E-state index in [2.05, 4.69) is 38.0 Å². The number of hydrogen-bond donors (Lipinski definition) is 1. The van der Waals surface area contributed by atoms with E-state index in [1.54, 1.807) is 0 Å². The van der Waals surface area contributed by atoms with Crippen LogP contribution in [0, 0.1) is 6.92 Å². The van der Waals surface area contributed by atoms with Crippen LogP contribution < -0.4 is 5.32 Å². The summed E-state index contributed by atoms with van der Waals surface area (Å²) in [4.78, 5) is 8.71. The smallest absolute Gasteiger partial charge is 0.169 e. The van der Waals surface area contributed by atoms with Gasteiger partial charge >= 0.3 is 0 Å². The predicted octanol–water partition coefficient (Wildman–Crippen LogP) is 9.36. The molecule has 9 heteroatoms. The van der Waals surface area contributed by atoms with Gasteiger partial charge in [0.15, 0.2) is 10.9 Å². The third-order valence-corrected chi connectivity index (χ3v) is 10.9. The van der Waals surface area contributed by atoms with Gasteiger partial charge in [-0.1, -0.05) is 120 Å². The molecule has 0 saturated heterocycles. The van der Waals surface area contributed by atoms with Gasteiger partial charge in [-0.05, 0) is 43.6 Å². The summed E-state index contributed by atoms with van der Waals surface area (Å²) in [7, 11) is 0. The molecule has 0 radical (unpaired) electrons. The fraction of sp³-hybridized carbons (Fsp3) is 0.600. The Morgan fingerprint density at radius 3 is 2.27 bits per heavy atom. The van der Waals surface area contributed by atoms with E-state index in [0.717, 1.165) is 64.1 Å². The number of aryl methyl sites for hydroxylation is 1. The average molecular weight is 653 g/mol. The molecule has 0 aliphatic carbocycles. The molecule has 4 heterocycles. The highest BCUT2D eigenvalue weighted by molar-refractivity contribution is 7.80. The van der Waals surface area contributed by atoms with Crippen molar-refractivity contribution in [3.63, 3.8) is 0 Å². The SMILES string of the molecule is CCCCCCCCCCCCCCCCNC(=S)N1CCc2c(sc3c2C(c2ccccc2Cl)=NCc2nnc(C)n2-3)C1. The van der Waals surface area contributed by atoms with Crippen molar-refractivity contribution in [1.82, 2.24) is 25.0 Å². The van der Waals surface area contributed by atoms with Crippen molar-refractivity contribution in [3.8, 4) is 5.00 Å². The van der Waals surface area contributed by atoms with Crippen molar-refractivity contribution >= 4 is 46.0 Å². The molecule has 2 aliphatic heterocycles. The summed E-state index contributed by atoms with van der Waals surface area (Å²) >= 11 is 14.4. The maximum absolute atomic E-state index is 6.70. The molecule has 238 valence electrons. The topological polar surface area (TPSA) is 58.3 Å². The first-order valence-corrected chi connectivity index (χ1v) is 18.6. The molecule has 1 N–H and O–H groups in total. The van der Waals surface area contributed by atoms with E-state index in [0.29, 0.717) is 6.54 Å². The molecule has 1 aromatic carbocycles. The van der Waals surface area contributed by atoms with Crippen molar-refractivity contribution in [2.75, 3.05) is 13.1 Å². The Labute approximate surface area is 278 Å². The summed E-state index contributed by atoms with van der Waals surface area (Å²) in [6.45, 7) is 7.44. The number of rotatable bonds is 16. The molecule has 6 nitrogen and oxygen atoms in total. The second kappa shape index (κ2) is 16.9. The predicted molar refractivity (Wildman–Crippen MR) is 190 cm³/mol. The minimum Gasteiger partial charge on any atom is -0.363 e. The van der Waals surface area contributed by atoms with Gasteiger partial charge in [0.1, 0.15) is 17.4 Å². The summed E-state index contributed by atoms with van der Waals surface area (Å²) < 4.78 is 2.18. The Kier molecular flexibility index (Phi) is 12.7. The van der Waals surface area contributed by atoms with Crippen LogP contribution in [0.3, 0.4) is 0 Å². The van der Waals surface area contributed by atoms with Crippen LogP contribution in [0.5, 0.6) is 0 Å². The van der Waals surface area contributed by atoms with Gasteiger partial charge in [0.2, 0.25) is 0 Å². The quantitative estimate of drug-likeness (QED) is 0.123. The number of nitrogens with one attached hydrogen (secondary N) is 1. The van der Waals surface area contributed by atoms with Gasteiger partial charge in [0.25, 0.3) is 0 Å². The Balaban J connectivity index is 1.08. The molecule has 2 aromatic heterocycles. The van der Waals surface area contributed by atoms with Gasteiger partial charge in [0.05, 0.1) is 12.3 Å². The summed E-state index contributed by atoms with van der Waals surface area (Å²) in [6, 6.07) is 8.01. The second-order valence-corrected chi connectivity index (χ2v) is 14.2. The molecule has 0 fully saturated rings. The molecule has 2 aliphatic rings. The fourth-order valence-electron chi connectivity index (χ4n) is 6.47. The zero-order valence-corrected chi connectivity index (χ0v) is 29.1. The summed E-state index contributed by atoms with van der Waals surface area (Å²) in [5.41, 5.74) is 4.47. The van der Waals surface area contributed by atoms with Crippen LogP contribution in [0.25, 0.3) is 5.00 Å². The second-order valence-electron chi connectivity index (χ2n) is 12.3. The maximum atomic E-state index is 6.70. The third-order valence-electron chi connectivity index (χ3n) is 8.97. The van der Waals surface area contributed by atoms with E-state index in [4.69, 9.17) is 28.8 Å². The monoisotopic (exact) mass is 652 g/mol. The van der Waals surface area contributed by atoms with E-state index < -0.39 is 0 Å². The molecule has 0 bridgehead atoms. The number of unbranched alkanes of at least 4 members (excludes halogenated alkanes) is 13. The van der Waals surface area contributed by atoms with Crippen molar-refractivity contribution < 1.29 is 0 Å². The summed E-state index contributed by atoms with van der Waals surface area (Å²) in [5, 5.41) is 15.1. The number of thiophene rings is 1. The lowest BCUT2D eigenvalue weighted by Gasteiger charge is -2.30. The molecule has 0 atom stereocenters. The number of hydrogen-bond acceptors (Lipinski definition) is 5. The number of benzene rings is 1. The molecule has 0 spiro atoms. The van der Waals surface area contributed by atoms with Crippen LogP contribution >= 0.6 is 35.2 Å². The zero-order valence-electron chi connectivity index (χ0n) is 26.7. The van der Waals surface area contributed by atoms with Crippen LogP contribution in [0.1, 0.15) is 130 Å². The summed E-state index contributed by atoms with van der Waals surface area (Å²) in [5.74, 6) is 1.75. The molecule has 3 aromatic rings. The third kappa shape index (κ3) is 8.29. The normalized spacial score (nSPS) is 14.1. The largest absolute Gasteiger partial charge is 0.363 e. The first-order chi connectivity index (χ1) is 21.6. The fourth-order valence-corrected chi connectivity index (χ4v) is 8.38. The van der Waals surface area contributed by atoms with Crippen molar-refractivity contribution in [2.45, 2.75) is 123 Å². The molecule has 5 rings (SSSR count). The van der Waals surface area contributed by atoms with Gasteiger partial charge in [-0.25, -0.2) is 0 Å². The Morgan fingerprint density at radius 1 is 0.932 bits per heavy atom. The lowest BCUT2D eigenvalue weighted by Crippen LogP contribution is -2.42. The van der Waals surface area contributed by atoms with Crippen molar-refractivity contribution in [3.05, 3.63) is 62.5 Å². The first-order valence-electron chi connectivity index (χ1n) is 17.0. The number of fused-ring (bicyclic) bond motifs is 5. The zero-order chi connectivity index (χ0) is 30.7. The molecule has 0 saturated carbocycles. The lowest BCUT2D eigenvalue weighted by molar-refractivity contribution is 0.391. The van der Waals surface area contributed by atoms with Crippen LogP contribution in [0.15, 0.2) is 29.3 Å². The molecule has 0 amide bonds. The van der Waals surface area contributed by atoms with E-state index in [9.17, 15) is 0 Å². The summed E-state index contributed by atoms with van der Waals surface area (Å²) in [6.07, 6.45) is 20.2. The van der Waals surface area contributed by atoms with E-state index in [-0.39, 0.29) is 0 Å². The number of aliphatic imine (C=N–C) groups is 1. The van der Waals surface area contributed by atoms with Gasteiger partial charge in [-0.15, -0.1) is 21.5 Å². The van der Waals surface area contributed by atoms with Crippen molar-refractivity contribution in [1.29, 1.82) is 0 Å². The average Bonchev–Trinajstić information content (AvgIpc) is 3.54. The minimum atomic E-state index is 0.483. The molecule has 44 heavy (non-hydrogen) atoms.